The van der Waals surface area contributed by atoms with Crippen molar-refractivity contribution in [2.24, 2.45) is 0 Å². The first-order valence-corrected chi connectivity index (χ1v) is 6.25. The molecule has 7 nitrogen and oxygen atoms in total. The Morgan fingerprint density at radius 2 is 2.10 bits per heavy atom. The number of carbonyl (C=O) groups excluding carboxylic acids is 2. The molecule has 1 amide bonds. The summed E-state index contributed by atoms with van der Waals surface area (Å²) in [5, 5.41) is 13.7. The number of hydrogen-bond acceptors (Lipinski definition) is 5. The number of carboxylic acids is 1. The van der Waals surface area contributed by atoms with E-state index in [1.54, 1.807) is 19.1 Å². The first-order chi connectivity index (χ1) is 9.86. The van der Waals surface area contributed by atoms with Gasteiger partial charge in [-0.25, -0.2) is 4.79 Å². The van der Waals surface area contributed by atoms with Crippen LogP contribution in [0.5, 0.6) is 0 Å². The molecule has 0 saturated carbocycles. The fourth-order valence-electron chi connectivity index (χ4n) is 1.94. The normalized spacial score (nSPS) is 12.1. The minimum atomic E-state index is -1.34. The molecule has 1 aromatic heterocycles. The highest BCUT2D eigenvalue weighted by Gasteiger charge is 2.17. The number of anilines is 1. The lowest BCUT2D eigenvalue weighted by Crippen LogP contribution is -2.67. The van der Waals surface area contributed by atoms with E-state index in [0.29, 0.717) is 11.3 Å². The van der Waals surface area contributed by atoms with Gasteiger partial charge in [0.15, 0.2) is 6.04 Å². The maximum Gasteiger partial charge on any atom is 0.336 e. The topological polar surface area (TPSA) is 127 Å². The molecule has 1 atom stereocenters. The molecule has 4 N–H and O–H groups in total. The molecule has 0 radical (unpaired) electrons. The van der Waals surface area contributed by atoms with E-state index in [1.807, 2.05) is 0 Å². The molecule has 110 valence electrons. The smallest absolute Gasteiger partial charge is 0.336 e. The van der Waals surface area contributed by atoms with Crippen molar-refractivity contribution in [2.75, 3.05) is 5.32 Å². The lowest BCUT2D eigenvalue weighted by atomic mass is 10.1. The SMILES string of the molecule is Cc1cc(=O)oc2cc(NC(=O)[C@@H]([NH3+])CC(=O)[O-])ccc12. The lowest BCUT2D eigenvalue weighted by Gasteiger charge is -2.10. The van der Waals surface area contributed by atoms with Crippen LogP contribution < -0.4 is 21.8 Å². The van der Waals surface area contributed by atoms with E-state index in [0.717, 1.165) is 10.9 Å². The molecule has 0 fully saturated rings. The second-order valence-corrected chi connectivity index (χ2v) is 4.72. The van der Waals surface area contributed by atoms with Crippen molar-refractivity contribution in [1.82, 2.24) is 0 Å². The fourth-order valence-corrected chi connectivity index (χ4v) is 1.94. The number of carboxylic acid groups (broad SMARTS) is 1. The molecular formula is C14H14N2O5. The number of aliphatic carboxylic acids is 1. The summed E-state index contributed by atoms with van der Waals surface area (Å²) in [6.07, 6.45) is -0.465. The average molecular weight is 290 g/mol. The standard InChI is InChI=1S/C14H14N2O5/c1-7-4-13(19)21-11-5-8(2-3-9(7)11)16-14(20)10(15)6-12(17)18/h2-5,10H,6,15H2,1H3,(H,16,20)(H,17,18)/t10-/m0/s1. The van der Waals surface area contributed by atoms with Gasteiger partial charge in [0.05, 0.1) is 0 Å². The summed E-state index contributed by atoms with van der Waals surface area (Å²) < 4.78 is 5.06. The maximum atomic E-state index is 11.8. The van der Waals surface area contributed by atoms with E-state index in [2.05, 4.69) is 11.1 Å². The van der Waals surface area contributed by atoms with E-state index < -0.39 is 30.0 Å². The summed E-state index contributed by atoms with van der Waals surface area (Å²) in [6, 6.07) is 5.27. The molecule has 21 heavy (non-hydrogen) atoms. The molecule has 0 spiro atoms. The van der Waals surface area contributed by atoms with E-state index in [-0.39, 0.29) is 0 Å². The Balaban J connectivity index is 2.25. The minimum Gasteiger partial charge on any atom is -0.550 e. The molecule has 2 rings (SSSR count). The van der Waals surface area contributed by atoms with E-state index >= 15 is 0 Å². The van der Waals surface area contributed by atoms with Crippen LogP contribution in [-0.2, 0) is 9.59 Å². The molecule has 0 aliphatic carbocycles. The Morgan fingerprint density at radius 3 is 2.76 bits per heavy atom. The van der Waals surface area contributed by atoms with Gasteiger partial charge in [-0.15, -0.1) is 0 Å². The van der Waals surface area contributed by atoms with E-state index in [9.17, 15) is 19.5 Å². The number of aryl methyl sites for hydroxylation is 1. The highest BCUT2D eigenvalue weighted by molar-refractivity contribution is 5.97. The van der Waals surface area contributed by atoms with Crippen LogP contribution in [0, 0.1) is 6.92 Å². The van der Waals surface area contributed by atoms with Crippen molar-refractivity contribution in [3.63, 3.8) is 0 Å². The average Bonchev–Trinajstić information content (AvgIpc) is 2.37. The van der Waals surface area contributed by atoms with Crippen LogP contribution in [0.2, 0.25) is 0 Å². The second-order valence-electron chi connectivity index (χ2n) is 4.72. The predicted octanol–water partition coefficient (Wildman–Crippen LogP) is -1.21. The fraction of sp³-hybridized carbons (Fsp3) is 0.214. The van der Waals surface area contributed by atoms with Crippen molar-refractivity contribution in [3.8, 4) is 0 Å². The Morgan fingerprint density at radius 1 is 1.38 bits per heavy atom. The number of nitrogens with one attached hydrogen (secondary N) is 1. The van der Waals surface area contributed by atoms with Gasteiger partial charge in [-0.1, -0.05) is 0 Å². The lowest BCUT2D eigenvalue weighted by molar-refractivity contribution is -0.407. The van der Waals surface area contributed by atoms with Gasteiger partial charge in [0.2, 0.25) is 0 Å². The van der Waals surface area contributed by atoms with Gasteiger partial charge >= 0.3 is 5.63 Å². The quantitative estimate of drug-likeness (QED) is 0.683. The minimum absolute atomic E-state index is 0.346. The molecular weight excluding hydrogens is 276 g/mol. The number of quaternary nitrogens is 1. The van der Waals surface area contributed by atoms with Crippen LogP contribution in [-0.4, -0.2) is 17.9 Å². The number of amides is 1. The highest BCUT2D eigenvalue weighted by atomic mass is 16.4. The number of hydrogen-bond donors (Lipinski definition) is 2. The third-order valence-corrected chi connectivity index (χ3v) is 3.00. The van der Waals surface area contributed by atoms with Crippen LogP contribution in [0.15, 0.2) is 33.5 Å². The van der Waals surface area contributed by atoms with Crippen molar-refractivity contribution in [3.05, 3.63) is 40.2 Å². The summed E-state index contributed by atoms with van der Waals surface area (Å²) in [7, 11) is 0. The Bertz CT molecular complexity index is 766. The van der Waals surface area contributed by atoms with Gasteiger partial charge in [-0.05, 0) is 24.6 Å². The first kappa shape index (κ1) is 14.7. The molecule has 7 heteroatoms. The zero-order valence-electron chi connectivity index (χ0n) is 11.3. The number of benzene rings is 1. The van der Waals surface area contributed by atoms with E-state index in [4.69, 9.17) is 4.42 Å². The number of carbonyl (C=O) groups is 2. The Labute approximate surface area is 119 Å². The number of fused-ring (bicyclic) bond motifs is 1. The van der Waals surface area contributed by atoms with Crippen LogP contribution in [0.1, 0.15) is 12.0 Å². The molecule has 0 aliphatic heterocycles. The van der Waals surface area contributed by atoms with Crippen molar-refractivity contribution >= 4 is 28.5 Å². The zero-order valence-corrected chi connectivity index (χ0v) is 11.3. The molecule has 0 bridgehead atoms. The Hall–Kier alpha value is -2.67. The van der Waals surface area contributed by atoms with Crippen LogP contribution in [0.25, 0.3) is 11.0 Å². The second kappa shape index (κ2) is 5.76. The first-order valence-electron chi connectivity index (χ1n) is 6.25. The van der Waals surface area contributed by atoms with Crippen molar-refractivity contribution < 1.29 is 24.8 Å². The summed E-state index contributed by atoms with van der Waals surface area (Å²) in [5.74, 6) is -1.89. The number of rotatable bonds is 4. The molecule has 2 aromatic rings. The van der Waals surface area contributed by atoms with Crippen molar-refractivity contribution in [1.29, 1.82) is 0 Å². The molecule has 1 aromatic carbocycles. The monoisotopic (exact) mass is 290 g/mol. The van der Waals surface area contributed by atoms with E-state index in [1.165, 1.54) is 12.1 Å². The molecule has 0 aliphatic rings. The zero-order chi connectivity index (χ0) is 15.6. The molecule has 0 saturated heterocycles. The molecule has 0 unspecified atom stereocenters. The summed E-state index contributed by atoms with van der Waals surface area (Å²) in [5.41, 5.74) is 4.49. The highest BCUT2D eigenvalue weighted by Crippen LogP contribution is 2.20. The largest absolute Gasteiger partial charge is 0.550 e. The van der Waals surface area contributed by atoms with Gasteiger partial charge in [0.25, 0.3) is 5.91 Å². The van der Waals surface area contributed by atoms with Gasteiger partial charge in [0.1, 0.15) is 5.58 Å². The molecule has 1 heterocycles. The van der Waals surface area contributed by atoms with Crippen LogP contribution in [0.3, 0.4) is 0 Å². The predicted molar refractivity (Wildman–Crippen MR) is 72.2 cm³/mol. The van der Waals surface area contributed by atoms with Gasteiger partial charge < -0.3 is 25.4 Å². The maximum absolute atomic E-state index is 11.8. The van der Waals surface area contributed by atoms with Crippen LogP contribution in [0.4, 0.5) is 5.69 Å². The third kappa shape index (κ3) is 3.46. The van der Waals surface area contributed by atoms with Crippen LogP contribution >= 0.6 is 0 Å². The van der Waals surface area contributed by atoms with Gasteiger partial charge in [-0.2, -0.15) is 0 Å². The van der Waals surface area contributed by atoms with Gasteiger partial charge in [0, 0.05) is 35.6 Å². The third-order valence-electron chi connectivity index (χ3n) is 3.00. The summed E-state index contributed by atoms with van der Waals surface area (Å²) in [4.78, 5) is 33.5. The van der Waals surface area contributed by atoms with Crippen molar-refractivity contribution in [2.45, 2.75) is 19.4 Å². The summed E-state index contributed by atoms with van der Waals surface area (Å²) >= 11 is 0. The Kier molecular flexibility index (Phi) is 4.04. The summed E-state index contributed by atoms with van der Waals surface area (Å²) in [6.45, 7) is 1.78. The van der Waals surface area contributed by atoms with Gasteiger partial charge in [-0.3, -0.25) is 4.79 Å².